The van der Waals surface area contributed by atoms with E-state index >= 15 is 0 Å². The van der Waals surface area contributed by atoms with Gasteiger partial charge in [0.25, 0.3) is 0 Å². The fourth-order valence-electron chi connectivity index (χ4n) is 10.5. The van der Waals surface area contributed by atoms with Gasteiger partial charge in [0.15, 0.2) is 6.10 Å². The topological polar surface area (TPSA) is 134 Å². The van der Waals surface area contributed by atoms with Crippen LogP contribution in [0.25, 0.3) is 0 Å². The highest BCUT2D eigenvalue weighted by molar-refractivity contribution is 7.47. The van der Waals surface area contributed by atoms with E-state index in [9.17, 15) is 19.0 Å². The number of allylic oxidation sites excluding steroid dienone is 4. The van der Waals surface area contributed by atoms with E-state index in [2.05, 4.69) is 38.2 Å². The molecule has 0 fully saturated rings. The molecule has 0 saturated carbocycles. The molecule has 0 radical (unpaired) electrons. The summed E-state index contributed by atoms with van der Waals surface area (Å²) in [6, 6.07) is 0. The number of esters is 2. The maximum absolute atomic E-state index is 12.8. The van der Waals surface area contributed by atoms with Gasteiger partial charge in [-0.1, -0.05) is 334 Å². The lowest BCUT2D eigenvalue weighted by molar-refractivity contribution is -0.161. The molecule has 0 saturated heterocycles. The summed E-state index contributed by atoms with van der Waals surface area (Å²) in [5.41, 5.74) is 5.40. The fraction of sp³-hybridized carbons (Fsp3) is 0.912. The quantitative estimate of drug-likeness (QED) is 0.0264. The highest BCUT2D eigenvalue weighted by Gasteiger charge is 2.26. The van der Waals surface area contributed by atoms with Gasteiger partial charge in [-0.25, -0.2) is 4.57 Å². The van der Waals surface area contributed by atoms with E-state index in [4.69, 9.17) is 24.3 Å². The maximum Gasteiger partial charge on any atom is 0.472 e. The van der Waals surface area contributed by atoms with Crippen LogP contribution in [0.1, 0.15) is 367 Å². The minimum absolute atomic E-state index is 0.0570. The molecular formula is C68H132NO8P. The van der Waals surface area contributed by atoms with Gasteiger partial charge in [0.1, 0.15) is 6.61 Å². The van der Waals surface area contributed by atoms with Crippen LogP contribution in [0.15, 0.2) is 24.3 Å². The van der Waals surface area contributed by atoms with Crippen molar-refractivity contribution in [1.82, 2.24) is 0 Å². The maximum atomic E-state index is 12.8. The summed E-state index contributed by atoms with van der Waals surface area (Å²) in [5.74, 6) is -0.802. The zero-order valence-electron chi connectivity index (χ0n) is 51.9. The summed E-state index contributed by atoms with van der Waals surface area (Å²) in [5, 5.41) is 0. The molecule has 2 unspecified atom stereocenters. The monoisotopic (exact) mass is 1120 g/mol. The predicted octanol–water partition coefficient (Wildman–Crippen LogP) is 22.1. The van der Waals surface area contributed by atoms with Crippen molar-refractivity contribution in [2.24, 2.45) is 5.73 Å². The van der Waals surface area contributed by atoms with Crippen LogP contribution in [0.4, 0.5) is 0 Å². The minimum atomic E-state index is -4.39. The number of rotatable bonds is 66. The number of carbonyl (C=O) groups is 2. The van der Waals surface area contributed by atoms with Crippen LogP contribution in [0.3, 0.4) is 0 Å². The van der Waals surface area contributed by atoms with Gasteiger partial charge in [-0.15, -0.1) is 0 Å². The van der Waals surface area contributed by atoms with Crippen LogP contribution < -0.4 is 5.73 Å². The van der Waals surface area contributed by atoms with Gasteiger partial charge in [0, 0.05) is 19.4 Å². The van der Waals surface area contributed by atoms with E-state index in [1.165, 1.54) is 295 Å². The van der Waals surface area contributed by atoms with Crippen LogP contribution in [0.2, 0.25) is 0 Å². The van der Waals surface area contributed by atoms with Crippen molar-refractivity contribution in [1.29, 1.82) is 0 Å². The van der Waals surface area contributed by atoms with E-state index in [1.807, 2.05) is 0 Å². The molecule has 0 aromatic heterocycles. The highest BCUT2D eigenvalue weighted by Crippen LogP contribution is 2.43. The molecule has 78 heavy (non-hydrogen) atoms. The average molecular weight is 1120 g/mol. The number of carbonyl (C=O) groups excluding carboxylic acids is 2. The minimum Gasteiger partial charge on any atom is -0.462 e. The largest absolute Gasteiger partial charge is 0.472 e. The summed E-state index contributed by atoms with van der Waals surface area (Å²) in [7, 11) is -4.39. The number of hydrogen-bond donors (Lipinski definition) is 2. The third-order valence-corrected chi connectivity index (χ3v) is 16.6. The molecule has 9 nitrogen and oxygen atoms in total. The lowest BCUT2D eigenvalue weighted by atomic mass is 10.0. The molecule has 0 aliphatic rings. The Morgan fingerprint density at radius 3 is 0.974 bits per heavy atom. The van der Waals surface area contributed by atoms with Crippen LogP contribution in [-0.2, 0) is 32.7 Å². The predicted molar refractivity (Wildman–Crippen MR) is 335 cm³/mol. The molecule has 0 heterocycles. The third kappa shape index (κ3) is 63.7. The zero-order chi connectivity index (χ0) is 56.6. The first kappa shape index (κ1) is 76.5. The van der Waals surface area contributed by atoms with Crippen LogP contribution in [0, 0.1) is 0 Å². The number of hydrogen-bond acceptors (Lipinski definition) is 8. The summed E-state index contributed by atoms with van der Waals surface area (Å²) >= 11 is 0. The number of nitrogens with two attached hydrogens (primary N) is 1. The normalized spacial score (nSPS) is 13.0. The van der Waals surface area contributed by atoms with E-state index in [-0.39, 0.29) is 38.6 Å². The average Bonchev–Trinajstić information content (AvgIpc) is 3.43. The van der Waals surface area contributed by atoms with E-state index in [0.29, 0.717) is 6.42 Å². The summed E-state index contributed by atoms with van der Waals surface area (Å²) in [6.07, 6.45) is 78.4. The number of ether oxygens (including phenoxy) is 2. The van der Waals surface area contributed by atoms with Crippen molar-refractivity contribution in [2.45, 2.75) is 373 Å². The molecule has 0 aliphatic carbocycles. The van der Waals surface area contributed by atoms with Crippen LogP contribution in [-0.4, -0.2) is 49.3 Å². The number of unbranched alkanes of at least 4 members (excludes halogenated alkanes) is 49. The number of phosphoric acid groups is 1. The van der Waals surface area contributed by atoms with Gasteiger partial charge in [0.05, 0.1) is 13.2 Å². The Hall–Kier alpha value is -1.51. The van der Waals surface area contributed by atoms with Gasteiger partial charge in [-0.05, 0) is 44.9 Å². The van der Waals surface area contributed by atoms with Crippen molar-refractivity contribution < 1.29 is 37.6 Å². The molecule has 10 heteroatoms. The molecule has 2 atom stereocenters. The summed E-state index contributed by atoms with van der Waals surface area (Å²) in [6.45, 7) is 3.82. The molecule has 462 valence electrons. The van der Waals surface area contributed by atoms with Crippen molar-refractivity contribution in [3.05, 3.63) is 24.3 Å². The molecule has 0 aromatic rings. The zero-order valence-corrected chi connectivity index (χ0v) is 52.8. The summed E-state index contributed by atoms with van der Waals surface area (Å²) < 4.78 is 33.2. The van der Waals surface area contributed by atoms with Gasteiger partial charge >= 0.3 is 19.8 Å². The first-order valence-corrected chi connectivity index (χ1v) is 35.8. The molecule has 0 bridgehead atoms. The Kier molecular flexibility index (Phi) is 63.4. The second-order valence-electron chi connectivity index (χ2n) is 23.4. The van der Waals surface area contributed by atoms with Gasteiger partial charge in [0.2, 0.25) is 0 Å². The van der Waals surface area contributed by atoms with Crippen molar-refractivity contribution in [2.75, 3.05) is 26.4 Å². The van der Waals surface area contributed by atoms with Crippen molar-refractivity contribution in [3.63, 3.8) is 0 Å². The second-order valence-corrected chi connectivity index (χ2v) is 24.9. The van der Waals surface area contributed by atoms with E-state index < -0.39 is 26.5 Å². The highest BCUT2D eigenvalue weighted by atomic mass is 31.2. The SMILES string of the molecule is CCCCCCC/C=C\C/C=C\CCCCCCCCCCCCCCCCCCCCCC(=O)OC(COC(=O)CCCCCCCCCCCCCCCCCCCCCCCCCCCC)COP(=O)(O)OCCN. The molecule has 0 aromatic carbocycles. The van der Waals surface area contributed by atoms with Crippen LogP contribution >= 0.6 is 7.82 Å². The fourth-order valence-corrected chi connectivity index (χ4v) is 11.3. The second kappa shape index (κ2) is 64.7. The Balaban J connectivity index is 3.83. The first-order chi connectivity index (χ1) is 38.3. The molecule has 3 N–H and O–H groups in total. The lowest BCUT2D eigenvalue weighted by Crippen LogP contribution is -2.29. The third-order valence-electron chi connectivity index (χ3n) is 15.6. The molecule has 0 aliphatic heterocycles. The Labute approximate surface area is 484 Å². The van der Waals surface area contributed by atoms with Crippen LogP contribution in [0.5, 0.6) is 0 Å². The van der Waals surface area contributed by atoms with Gasteiger partial charge < -0.3 is 20.1 Å². The van der Waals surface area contributed by atoms with Crippen molar-refractivity contribution in [3.8, 4) is 0 Å². The lowest BCUT2D eigenvalue weighted by Gasteiger charge is -2.19. The molecule has 0 spiro atoms. The van der Waals surface area contributed by atoms with E-state index in [1.54, 1.807) is 0 Å². The standard InChI is InChI=1S/C68H132NO8P/c1-3-5-7-9-11-13-15-17-19-21-23-25-27-29-31-32-33-34-35-37-39-41-43-45-47-49-51-53-55-57-59-61-68(71)77-66(65-76-78(72,73)75-63-62-69)64-74-67(70)60-58-56-54-52-50-48-46-44-42-40-38-36-30-28-26-24-22-20-18-16-14-12-10-8-6-4-2/h15,17,21,23,66H,3-14,16,18-20,22,24-65,69H2,1-2H3,(H,72,73)/b17-15-,23-21-. The number of phosphoric ester groups is 1. The van der Waals surface area contributed by atoms with E-state index in [0.717, 1.165) is 38.5 Å². The Morgan fingerprint density at radius 2 is 0.667 bits per heavy atom. The van der Waals surface area contributed by atoms with Gasteiger partial charge in [-0.2, -0.15) is 0 Å². The van der Waals surface area contributed by atoms with Gasteiger partial charge in [-0.3, -0.25) is 18.6 Å². The van der Waals surface area contributed by atoms with Crippen molar-refractivity contribution >= 4 is 19.8 Å². The first-order valence-electron chi connectivity index (χ1n) is 34.3. The Morgan fingerprint density at radius 1 is 0.385 bits per heavy atom. The molecular weight excluding hydrogens is 990 g/mol. The Bertz CT molecular complexity index is 1330. The summed E-state index contributed by atoms with van der Waals surface area (Å²) in [4.78, 5) is 35.3. The smallest absolute Gasteiger partial charge is 0.462 e. The molecule has 0 amide bonds. The molecule has 0 rings (SSSR count).